The molecule has 3 heteroatoms. The lowest BCUT2D eigenvalue weighted by Crippen LogP contribution is -2.25. The Morgan fingerprint density at radius 1 is 1.28 bits per heavy atom. The molecule has 0 saturated carbocycles. The Bertz CT molecular complexity index is 515. The van der Waals surface area contributed by atoms with Gasteiger partial charge in [-0.1, -0.05) is 18.2 Å². The Hall–Kier alpha value is -1.45. The predicted molar refractivity (Wildman–Crippen MR) is 72.4 cm³/mol. The molecule has 0 radical (unpaired) electrons. The molecule has 0 spiro atoms. The minimum Gasteiger partial charge on any atom is -0.377 e. The summed E-state index contributed by atoms with van der Waals surface area (Å²) in [5.41, 5.74) is 2.37. The zero-order valence-corrected chi connectivity index (χ0v) is 10.4. The van der Waals surface area contributed by atoms with Crippen molar-refractivity contribution in [3.05, 3.63) is 42.1 Å². The SMILES string of the molecule is c1ccc2c(CNCC3CCCO3)ccnc2c1. The van der Waals surface area contributed by atoms with E-state index in [1.54, 1.807) is 0 Å². The summed E-state index contributed by atoms with van der Waals surface area (Å²) in [4.78, 5) is 4.37. The van der Waals surface area contributed by atoms with Crippen molar-refractivity contribution in [2.45, 2.75) is 25.5 Å². The van der Waals surface area contributed by atoms with E-state index < -0.39 is 0 Å². The first-order valence-corrected chi connectivity index (χ1v) is 6.58. The van der Waals surface area contributed by atoms with Gasteiger partial charge < -0.3 is 10.1 Å². The summed E-state index contributed by atoms with van der Waals surface area (Å²) in [6.45, 7) is 2.74. The topological polar surface area (TPSA) is 34.1 Å². The number of ether oxygens (including phenoxy) is 1. The Balaban J connectivity index is 1.66. The molecule has 0 aliphatic carbocycles. The van der Waals surface area contributed by atoms with Crippen LogP contribution in [0.1, 0.15) is 18.4 Å². The van der Waals surface area contributed by atoms with Gasteiger partial charge in [-0.25, -0.2) is 0 Å². The maximum Gasteiger partial charge on any atom is 0.0705 e. The van der Waals surface area contributed by atoms with E-state index >= 15 is 0 Å². The lowest BCUT2D eigenvalue weighted by molar-refractivity contribution is 0.110. The number of aromatic nitrogens is 1. The van der Waals surface area contributed by atoms with Gasteiger partial charge in [-0.05, 0) is 30.5 Å². The van der Waals surface area contributed by atoms with Crippen molar-refractivity contribution in [2.75, 3.05) is 13.2 Å². The molecule has 1 aliphatic heterocycles. The molecule has 1 fully saturated rings. The highest BCUT2D eigenvalue weighted by Crippen LogP contribution is 2.16. The number of hydrogen-bond donors (Lipinski definition) is 1. The van der Waals surface area contributed by atoms with Crippen LogP contribution in [0.4, 0.5) is 0 Å². The van der Waals surface area contributed by atoms with Crippen molar-refractivity contribution in [1.82, 2.24) is 10.3 Å². The maximum absolute atomic E-state index is 5.60. The predicted octanol–water partition coefficient (Wildman–Crippen LogP) is 2.50. The van der Waals surface area contributed by atoms with E-state index in [1.165, 1.54) is 23.8 Å². The van der Waals surface area contributed by atoms with E-state index in [0.717, 1.165) is 25.2 Å². The minimum atomic E-state index is 0.401. The van der Waals surface area contributed by atoms with Crippen LogP contribution in [0.2, 0.25) is 0 Å². The van der Waals surface area contributed by atoms with Crippen molar-refractivity contribution in [3.63, 3.8) is 0 Å². The summed E-state index contributed by atoms with van der Waals surface area (Å²) in [5, 5.41) is 4.72. The van der Waals surface area contributed by atoms with E-state index in [9.17, 15) is 0 Å². The third-order valence-electron chi connectivity index (χ3n) is 3.45. The van der Waals surface area contributed by atoms with Gasteiger partial charge in [0, 0.05) is 31.3 Å². The molecule has 1 aromatic heterocycles. The number of nitrogens with one attached hydrogen (secondary N) is 1. The van der Waals surface area contributed by atoms with Crippen molar-refractivity contribution >= 4 is 10.9 Å². The lowest BCUT2D eigenvalue weighted by atomic mass is 10.1. The number of para-hydroxylation sites is 1. The van der Waals surface area contributed by atoms with Crippen molar-refractivity contribution in [3.8, 4) is 0 Å². The van der Waals surface area contributed by atoms with E-state index in [4.69, 9.17) is 4.74 Å². The lowest BCUT2D eigenvalue weighted by Gasteiger charge is -2.11. The Morgan fingerprint density at radius 2 is 2.22 bits per heavy atom. The van der Waals surface area contributed by atoms with Gasteiger partial charge in [-0.2, -0.15) is 0 Å². The average Bonchev–Trinajstić information content (AvgIpc) is 2.92. The second-order valence-electron chi connectivity index (χ2n) is 4.75. The molecule has 2 heterocycles. The van der Waals surface area contributed by atoms with Crippen molar-refractivity contribution in [2.24, 2.45) is 0 Å². The second-order valence-corrected chi connectivity index (χ2v) is 4.75. The maximum atomic E-state index is 5.60. The molecule has 2 aromatic rings. The van der Waals surface area contributed by atoms with Gasteiger partial charge >= 0.3 is 0 Å². The van der Waals surface area contributed by atoms with Crippen LogP contribution < -0.4 is 5.32 Å². The number of fused-ring (bicyclic) bond motifs is 1. The Labute approximate surface area is 107 Å². The molecular weight excluding hydrogens is 224 g/mol. The smallest absolute Gasteiger partial charge is 0.0705 e. The van der Waals surface area contributed by atoms with Gasteiger partial charge in [0.15, 0.2) is 0 Å². The molecule has 0 amide bonds. The highest BCUT2D eigenvalue weighted by molar-refractivity contribution is 5.81. The first kappa shape index (κ1) is 11.6. The van der Waals surface area contributed by atoms with Crippen LogP contribution in [0.25, 0.3) is 10.9 Å². The molecule has 0 bridgehead atoms. The summed E-state index contributed by atoms with van der Waals surface area (Å²) < 4.78 is 5.60. The molecule has 3 rings (SSSR count). The number of nitrogens with zero attached hydrogens (tertiary/aromatic N) is 1. The fourth-order valence-corrected chi connectivity index (χ4v) is 2.48. The van der Waals surface area contributed by atoms with E-state index in [2.05, 4.69) is 34.6 Å². The number of hydrogen-bond acceptors (Lipinski definition) is 3. The normalized spacial score (nSPS) is 19.4. The minimum absolute atomic E-state index is 0.401. The molecular formula is C15H18N2O. The van der Waals surface area contributed by atoms with Gasteiger partial charge in [0.2, 0.25) is 0 Å². The van der Waals surface area contributed by atoms with E-state index in [1.807, 2.05) is 12.3 Å². The van der Waals surface area contributed by atoms with Crippen LogP contribution in [-0.4, -0.2) is 24.2 Å². The van der Waals surface area contributed by atoms with Gasteiger partial charge in [-0.15, -0.1) is 0 Å². The van der Waals surface area contributed by atoms with Crippen LogP contribution in [0.3, 0.4) is 0 Å². The van der Waals surface area contributed by atoms with Crippen LogP contribution in [0.5, 0.6) is 0 Å². The fraction of sp³-hybridized carbons (Fsp3) is 0.400. The van der Waals surface area contributed by atoms with Gasteiger partial charge in [0.1, 0.15) is 0 Å². The molecule has 1 unspecified atom stereocenters. The summed E-state index contributed by atoms with van der Waals surface area (Å²) in [5.74, 6) is 0. The molecule has 1 aliphatic rings. The first-order chi connectivity index (χ1) is 8.93. The van der Waals surface area contributed by atoms with Crippen LogP contribution >= 0.6 is 0 Å². The van der Waals surface area contributed by atoms with Crippen LogP contribution in [-0.2, 0) is 11.3 Å². The Kier molecular flexibility index (Phi) is 3.53. The number of pyridine rings is 1. The van der Waals surface area contributed by atoms with Crippen molar-refractivity contribution < 1.29 is 4.74 Å². The molecule has 3 nitrogen and oxygen atoms in total. The molecule has 94 valence electrons. The standard InChI is InChI=1S/C15H18N2O/c1-2-6-15-14(5-1)12(7-8-17-15)10-16-11-13-4-3-9-18-13/h1-2,5-8,13,16H,3-4,9-11H2. The summed E-state index contributed by atoms with van der Waals surface area (Å²) in [6, 6.07) is 10.4. The summed E-state index contributed by atoms with van der Waals surface area (Å²) in [6.07, 6.45) is 4.66. The highest BCUT2D eigenvalue weighted by Gasteiger charge is 2.14. The molecule has 1 N–H and O–H groups in total. The zero-order chi connectivity index (χ0) is 12.2. The summed E-state index contributed by atoms with van der Waals surface area (Å²) >= 11 is 0. The fourth-order valence-electron chi connectivity index (χ4n) is 2.48. The van der Waals surface area contributed by atoms with Gasteiger partial charge in [0.05, 0.1) is 11.6 Å². The molecule has 18 heavy (non-hydrogen) atoms. The number of benzene rings is 1. The quantitative estimate of drug-likeness (QED) is 0.894. The van der Waals surface area contributed by atoms with Gasteiger partial charge in [-0.3, -0.25) is 4.98 Å². The first-order valence-electron chi connectivity index (χ1n) is 6.58. The molecule has 1 aromatic carbocycles. The van der Waals surface area contributed by atoms with Crippen LogP contribution in [0, 0.1) is 0 Å². The molecule has 1 saturated heterocycles. The zero-order valence-electron chi connectivity index (χ0n) is 10.4. The highest BCUT2D eigenvalue weighted by atomic mass is 16.5. The number of rotatable bonds is 4. The summed E-state index contributed by atoms with van der Waals surface area (Å²) in [7, 11) is 0. The molecule has 1 atom stereocenters. The third kappa shape index (κ3) is 2.52. The second kappa shape index (κ2) is 5.46. The van der Waals surface area contributed by atoms with Crippen LogP contribution in [0.15, 0.2) is 36.5 Å². The monoisotopic (exact) mass is 242 g/mol. The van der Waals surface area contributed by atoms with E-state index in [-0.39, 0.29) is 0 Å². The Morgan fingerprint density at radius 3 is 3.11 bits per heavy atom. The third-order valence-corrected chi connectivity index (χ3v) is 3.45. The van der Waals surface area contributed by atoms with Gasteiger partial charge in [0.25, 0.3) is 0 Å². The average molecular weight is 242 g/mol. The van der Waals surface area contributed by atoms with Crippen molar-refractivity contribution in [1.29, 1.82) is 0 Å². The van der Waals surface area contributed by atoms with E-state index in [0.29, 0.717) is 6.10 Å². The largest absolute Gasteiger partial charge is 0.377 e.